The smallest absolute Gasteiger partial charge is 0.242 e. The number of aromatic nitrogens is 2. The van der Waals surface area contributed by atoms with Crippen molar-refractivity contribution in [3.63, 3.8) is 0 Å². The Morgan fingerprint density at radius 3 is 2.81 bits per heavy atom. The van der Waals surface area contributed by atoms with Crippen LogP contribution < -0.4 is 10.0 Å². The number of aryl methyl sites for hydroxylation is 1. The minimum Gasteiger partial charge on any atom is -0.340 e. The van der Waals surface area contributed by atoms with Gasteiger partial charge in [-0.2, -0.15) is 4.98 Å². The molecule has 2 aromatic rings. The number of rotatable bonds is 7. The van der Waals surface area contributed by atoms with Gasteiger partial charge in [-0.05, 0) is 28.5 Å². The summed E-state index contributed by atoms with van der Waals surface area (Å²) in [6, 6.07) is 1.65. The van der Waals surface area contributed by atoms with Gasteiger partial charge in [0, 0.05) is 18.3 Å². The molecule has 0 aliphatic heterocycles. The fourth-order valence-corrected chi connectivity index (χ4v) is 5.20. The van der Waals surface area contributed by atoms with Crippen LogP contribution in [0.1, 0.15) is 23.5 Å². The molecule has 2 rings (SSSR count). The lowest BCUT2D eigenvalue weighted by atomic mass is 10.4. The van der Waals surface area contributed by atoms with E-state index in [9.17, 15) is 8.42 Å². The summed E-state index contributed by atoms with van der Waals surface area (Å²) < 4.78 is 32.4. The van der Waals surface area contributed by atoms with Gasteiger partial charge >= 0.3 is 0 Å². The minimum absolute atomic E-state index is 0.00942. The summed E-state index contributed by atoms with van der Waals surface area (Å²) in [6.07, 6.45) is 0. The van der Waals surface area contributed by atoms with E-state index in [1.54, 1.807) is 13.0 Å². The van der Waals surface area contributed by atoms with Gasteiger partial charge in [0.05, 0.1) is 10.3 Å². The average molecular weight is 395 g/mol. The van der Waals surface area contributed by atoms with Crippen molar-refractivity contribution in [1.29, 1.82) is 0 Å². The molecular formula is C11H15BrN4O3S2. The molecule has 0 saturated heterocycles. The number of thiophene rings is 1. The van der Waals surface area contributed by atoms with Gasteiger partial charge < -0.3 is 9.84 Å². The number of nitrogens with zero attached hydrogens (tertiary/aromatic N) is 2. The molecular weight excluding hydrogens is 380 g/mol. The molecule has 0 spiro atoms. The third kappa shape index (κ3) is 4.33. The number of nitrogens with one attached hydrogen (secondary N) is 2. The molecule has 0 aromatic carbocycles. The van der Waals surface area contributed by atoms with Crippen LogP contribution in [0.5, 0.6) is 0 Å². The zero-order valence-corrected chi connectivity index (χ0v) is 14.7. The van der Waals surface area contributed by atoms with Crippen molar-refractivity contribution in [3.8, 4) is 0 Å². The molecule has 10 heteroatoms. The van der Waals surface area contributed by atoms with E-state index in [1.165, 1.54) is 11.3 Å². The Morgan fingerprint density at radius 2 is 2.19 bits per heavy atom. The summed E-state index contributed by atoms with van der Waals surface area (Å²) in [4.78, 5) is 5.12. The van der Waals surface area contributed by atoms with E-state index in [4.69, 9.17) is 4.52 Å². The van der Waals surface area contributed by atoms with Crippen LogP contribution in [0.3, 0.4) is 0 Å². The van der Waals surface area contributed by atoms with Gasteiger partial charge in [-0.15, -0.1) is 11.3 Å². The van der Waals surface area contributed by atoms with Gasteiger partial charge in [0.1, 0.15) is 4.90 Å². The molecule has 0 unspecified atom stereocenters. The zero-order chi connectivity index (χ0) is 15.5. The van der Waals surface area contributed by atoms with E-state index < -0.39 is 10.0 Å². The fraction of sp³-hybridized carbons (Fsp3) is 0.455. The van der Waals surface area contributed by atoms with Crippen molar-refractivity contribution in [2.75, 3.05) is 6.54 Å². The molecule has 2 aromatic heterocycles. The lowest BCUT2D eigenvalue weighted by Gasteiger charge is -2.02. The van der Waals surface area contributed by atoms with Crippen molar-refractivity contribution in [2.24, 2.45) is 0 Å². The summed E-state index contributed by atoms with van der Waals surface area (Å²) in [5.74, 6) is 0.698. The summed E-state index contributed by atoms with van der Waals surface area (Å²) in [6.45, 7) is 5.10. The number of hydrogen-bond acceptors (Lipinski definition) is 7. The van der Waals surface area contributed by atoms with E-state index >= 15 is 0 Å². The number of halogens is 1. The predicted octanol–water partition coefficient (Wildman–Crippen LogP) is 1.79. The molecule has 2 N–H and O–H groups in total. The van der Waals surface area contributed by atoms with Crippen LogP contribution in [-0.4, -0.2) is 25.1 Å². The Bertz CT molecular complexity index is 711. The molecule has 0 aliphatic carbocycles. The van der Waals surface area contributed by atoms with Crippen LogP contribution in [0.25, 0.3) is 0 Å². The Morgan fingerprint density at radius 1 is 1.43 bits per heavy atom. The summed E-state index contributed by atoms with van der Waals surface area (Å²) in [5.41, 5.74) is 0. The van der Waals surface area contributed by atoms with Crippen molar-refractivity contribution < 1.29 is 12.9 Å². The standard InChI is InChI=1S/C11H15BrN4O3S2/c1-3-13-5-8-4-9(11(12)20-8)21(17,18)14-6-10-15-7(2)19-16-10/h4,13-14H,3,5-6H2,1-2H3. The van der Waals surface area contributed by atoms with Crippen LogP contribution >= 0.6 is 27.3 Å². The quantitative estimate of drug-likeness (QED) is 0.742. The molecule has 116 valence electrons. The van der Waals surface area contributed by atoms with Crippen LogP contribution in [0.4, 0.5) is 0 Å². The Labute approximate surface area is 135 Å². The molecule has 0 bridgehead atoms. The molecule has 0 atom stereocenters. The Balaban J connectivity index is 2.09. The van der Waals surface area contributed by atoms with Crippen LogP contribution in [0.2, 0.25) is 0 Å². The molecule has 7 nitrogen and oxygen atoms in total. The Hall–Kier alpha value is -0.810. The van der Waals surface area contributed by atoms with Crippen LogP contribution in [0, 0.1) is 6.92 Å². The van der Waals surface area contributed by atoms with E-state index in [1.807, 2.05) is 6.92 Å². The Kier molecular flexibility index (Phi) is 5.49. The SMILES string of the molecule is CCNCc1cc(S(=O)(=O)NCc2noc(C)n2)c(Br)s1. The molecule has 0 aliphatic rings. The molecule has 21 heavy (non-hydrogen) atoms. The second kappa shape index (κ2) is 6.97. The van der Waals surface area contributed by atoms with E-state index in [2.05, 4.69) is 36.1 Å². The maximum atomic E-state index is 12.3. The minimum atomic E-state index is -3.62. The highest BCUT2D eigenvalue weighted by atomic mass is 79.9. The van der Waals surface area contributed by atoms with Crippen LogP contribution in [-0.2, 0) is 23.1 Å². The number of sulfonamides is 1. The normalized spacial score (nSPS) is 12.0. The van der Waals surface area contributed by atoms with E-state index in [-0.39, 0.29) is 11.4 Å². The van der Waals surface area contributed by atoms with Gasteiger partial charge in [0.25, 0.3) is 0 Å². The largest absolute Gasteiger partial charge is 0.340 e. The first-order valence-electron chi connectivity index (χ1n) is 6.20. The average Bonchev–Trinajstić information content (AvgIpc) is 3.00. The predicted molar refractivity (Wildman–Crippen MR) is 82.5 cm³/mol. The second-order valence-electron chi connectivity index (χ2n) is 4.19. The molecule has 2 heterocycles. The highest BCUT2D eigenvalue weighted by Crippen LogP contribution is 2.31. The maximum absolute atomic E-state index is 12.3. The highest BCUT2D eigenvalue weighted by Gasteiger charge is 2.21. The summed E-state index contributed by atoms with van der Waals surface area (Å²) in [7, 11) is -3.62. The van der Waals surface area contributed by atoms with Crippen molar-refractivity contribution in [3.05, 3.63) is 26.4 Å². The highest BCUT2D eigenvalue weighted by molar-refractivity contribution is 9.11. The first kappa shape index (κ1) is 16.6. The van der Waals surface area contributed by atoms with Gasteiger partial charge in [-0.1, -0.05) is 12.1 Å². The molecule has 0 radical (unpaired) electrons. The fourth-order valence-electron chi connectivity index (χ4n) is 1.57. The maximum Gasteiger partial charge on any atom is 0.242 e. The van der Waals surface area contributed by atoms with Crippen LogP contribution in [0.15, 0.2) is 19.3 Å². The zero-order valence-electron chi connectivity index (χ0n) is 11.5. The van der Waals surface area contributed by atoms with E-state index in [0.29, 0.717) is 22.0 Å². The summed E-state index contributed by atoms with van der Waals surface area (Å²) in [5, 5.41) is 6.81. The first-order valence-corrected chi connectivity index (χ1v) is 9.29. The van der Waals surface area contributed by atoms with Gasteiger partial charge in [0.15, 0.2) is 5.82 Å². The monoisotopic (exact) mass is 394 g/mol. The third-order valence-corrected chi connectivity index (χ3v) is 6.19. The first-order chi connectivity index (χ1) is 9.92. The molecule has 0 fully saturated rings. The topological polar surface area (TPSA) is 97.1 Å². The van der Waals surface area contributed by atoms with E-state index in [0.717, 1.165) is 11.4 Å². The second-order valence-corrected chi connectivity index (χ2v) is 8.38. The van der Waals surface area contributed by atoms with Crippen molar-refractivity contribution in [1.82, 2.24) is 20.2 Å². The molecule has 0 amide bonds. The van der Waals surface area contributed by atoms with Crippen molar-refractivity contribution >= 4 is 37.3 Å². The molecule has 0 saturated carbocycles. The summed E-state index contributed by atoms with van der Waals surface area (Å²) >= 11 is 4.69. The lowest BCUT2D eigenvalue weighted by molar-refractivity contribution is 0.387. The van der Waals surface area contributed by atoms with Gasteiger partial charge in [0.2, 0.25) is 15.9 Å². The lowest BCUT2D eigenvalue weighted by Crippen LogP contribution is -2.23. The van der Waals surface area contributed by atoms with Gasteiger partial charge in [-0.25, -0.2) is 13.1 Å². The third-order valence-electron chi connectivity index (χ3n) is 2.54. The van der Waals surface area contributed by atoms with Crippen molar-refractivity contribution in [2.45, 2.75) is 31.8 Å². The van der Waals surface area contributed by atoms with Gasteiger partial charge in [-0.3, -0.25) is 0 Å². The number of hydrogen-bond donors (Lipinski definition) is 2.